The number of hydrogen-bond acceptors (Lipinski definition) is 4. The van der Waals surface area contributed by atoms with Gasteiger partial charge in [-0.25, -0.2) is 4.79 Å². The van der Waals surface area contributed by atoms with E-state index in [1.165, 1.54) is 0 Å². The van der Waals surface area contributed by atoms with Crippen LogP contribution in [-0.4, -0.2) is 26.0 Å². The van der Waals surface area contributed by atoms with Gasteiger partial charge in [0.1, 0.15) is 11.3 Å². The molecular weight excluding hydrogens is 258 g/mol. The Kier molecular flexibility index (Phi) is 3.30. The number of aryl methyl sites for hydroxylation is 1. The topological polar surface area (TPSA) is 81.2 Å². The molecule has 106 valence electrons. The third kappa shape index (κ3) is 2.11. The van der Waals surface area contributed by atoms with E-state index in [0.717, 1.165) is 32.2 Å². The molecule has 3 rings (SSSR count). The Hall–Kier alpha value is -2.11. The van der Waals surface area contributed by atoms with E-state index in [1.807, 2.05) is 6.92 Å². The van der Waals surface area contributed by atoms with Crippen LogP contribution in [0.3, 0.4) is 0 Å². The standard InChI is InChI=1S/C14H17N3O3/c1-2-17-8-10(7-15-17)12-11(14(18)19)13(20-16-12)9-5-3-4-6-9/h7-9H,2-6H2,1H3,(H,18,19). The molecule has 0 saturated heterocycles. The zero-order valence-electron chi connectivity index (χ0n) is 11.4. The van der Waals surface area contributed by atoms with Gasteiger partial charge in [0.05, 0.1) is 6.20 Å². The van der Waals surface area contributed by atoms with Gasteiger partial charge in [0, 0.05) is 24.2 Å². The molecule has 1 fully saturated rings. The molecule has 1 N–H and O–H groups in total. The summed E-state index contributed by atoms with van der Waals surface area (Å²) in [6.45, 7) is 2.71. The van der Waals surface area contributed by atoms with Gasteiger partial charge in [-0.05, 0) is 19.8 Å². The molecule has 0 unspecified atom stereocenters. The maximum Gasteiger partial charge on any atom is 0.341 e. The van der Waals surface area contributed by atoms with E-state index in [2.05, 4.69) is 10.3 Å². The molecular formula is C14H17N3O3. The lowest BCUT2D eigenvalue weighted by Gasteiger charge is -2.04. The largest absolute Gasteiger partial charge is 0.477 e. The normalized spacial score (nSPS) is 15.8. The van der Waals surface area contributed by atoms with E-state index >= 15 is 0 Å². The molecule has 1 aliphatic rings. The molecule has 20 heavy (non-hydrogen) atoms. The van der Waals surface area contributed by atoms with Crippen LogP contribution in [0.2, 0.25) is 0 Å². The van der Waals surface area contributed by atoms with Gasteiger partial charge in [-0.2, -0.15) is 5.10 Å². The van der Waals surface area contributed by atoms with Crippen molar-refractivity contribution in [3.8, 4) is 11.3 Å². The second-order valence-corrected chi connectivity index (χ2v) is 5.14. The maximum atomic E-state index is 11.6. The highest BCUT2D eigenvalue weighted by atomic mass is 16.5. The van der Waals surface area contributed by atoms with Crippen molar-refractivity contribution in [1.82, 2.24) is 14.9 Å². The van der Waals surface area contributed by atoms with Crippen molar-refractivity contribution in [3.63, 3.8) is 0 Å². The van der Waals surface area contributed by atoms with Crippen LogP contribution in [-0.2, 0) is 6.54 Å². The molecule has 1 saturated carbocycles. The minimum atomic E-state index is -0.979. The van der Waals surface area contributed by atoms with Crippen LogP contribution >= 0.6 is 0 Å². The van der Waals surface area contributed by atoms with Crippen molar-refractivity contribution in [1.29, 1.82) is 0 Å². The van der Waals surface area contributed by atoms with Crippen LogP contribution in [0.15, 0.2) is 16.9 Å². The molecule has 0 amide bonds. The second kappa shape index (κ2) is 5.11. The number of carboxylic acid groups (broad SMARTS) is 1. The monoisotopic (exact) mass is 275 g/mol. The number of aromatic nitrogens is 3. The first-order chi connectivity index (χ1) is 9.70. The first kappa shape index (κ1) is 12.9. The van der Waals surface area contributed by atoms with Crippen LogP contribution in [0.4, 0.5) is 0 Å². The summed E-state index contributed by atoms with van der Waals surface area (Å²) in [7, 11) is 0. The van der Waals surface area contributed by atoms with Crippen LogP contribution < -0.4 is 0 Å². The maximum absolute atomic E-state index is 11.6. The number of carbonyl (C=O) groups is 1. The zero-order chi connectivity index (χ0) is 14.1. The van der Waals surface area contributed by atoms with E-state index in [-0.39, 0.29) is 11.5 Å². The molecule has 0 radical (unpaired) electrons. The van der Waals surface area contributed by atoms with Gasteiger partial charge in [0.25, 0.3) is 0 Å². The molecule has 0 bridgehead atoms. The summed E-state index contributed by atoms with van der Waals surface area (Å²) in [6.07, 6.45) is 7.61. The SMILES string of the molecule is CCn1cc(-c2noc(C3CCCC3)c2C(=O)O)cn1. The summed E-state index contributed by atoms with van der Waals surface area (Å²) in [5.74, 6) is -0.273. The predicted molar refractivity (Wildman–Crippen MR) is 71.6 cm³/mol. The van der Waals surface area contributed by atoms with Gasteiger partial charge >= 0.3 is 5.97 Å². The summed E-state index contributed by atoms with van der Waals surface area (Å²) in [4.78, 5) is 11.6. The molecule has 6 heteroatoms. The molecule has 0 spiro atoms. The fourth-order valence-electron chi connectivity index (χ4n) is 2.83. The third-order valence-electron chi connectivity index (χ3n) is 3.89. The highest BCUT2D eigenvalue weighted by Gasteiger charge is 2.31. The summed E-state index contributed by atoms with van der Waals surface area (Å²) in [5, 5.41) is 17.6. The lowest BCUT2D eigenvalue weighted by atomic mass is 9.98. The fraction of sp³-hybridized carbons (Fsp3) is 0.500. The number of aromatic carboxylic acids is 1. The average Bonchev–Trinajstić information content (AvgIpc) is 3.17. The van der Waals surface area contributed by atoms with E-state index in [4.69, 9.17) is 4.52 Å². The Balaban J connectivity index is 2.04. The molecule has 2 heterocycles. The van der Waals surface area contributed by atoms with Gasteiger partial charge in [-0.3, -0.25) is 4.68 Å². The van der Waals surface area contributed by atoms with Crippen molar-refractivity contribution in [2.24, 2.45) is 0 Å². The molecule has 2 aromatic rings. The number of carboxylic acids is 1. The zero-order valence-corrected chi connectivity index (χ0v) is 11.4. The first-order valence-corrected chi connectivity index (χ1v) is 6.96. The van der Waals surface area contributed by atoms with Gasteiger partial charge < -0.3 is 9.63 Å². The third-order valence-corrected chi connectivity index (χ3v) is 3.89. The average molecular weight is 275 g/mol. The van der Waals surface area contributed by atoms with Crippen LogP contribution in [0.5, 0.6) is 0 Å². The second-order valence-electron chi connectivity index (χ2n) is 5.14. The lowest BCUT2D eigenvalue weighted by molar-refractivity contribution is 0.0694. The summed E-state index contributed by atoms with van der Waals surface area (Å²) in [5.41, 5.74) is 1.28. The van der Waals surface area contributed by atoms with Crippen molar-refractivity contribution in [3.05, 3.63) is 23.7 Å². The van der Waals surface area contributed by atoms with Crippen molar-refractivity contribution in [2.75, 3.05) is 0 Å². The summed E-state index contributed by atoms with van der Waals surface area (Å²) >= 11 is 0. The van der Waals surface area contributed by atoms with Crippen molar-refractivity contribution in [2.45, 2.75) is 45.1 Å². The smallest absolute Gasteiger partial charge is 0.341 e. The Labute approximate surface area is 116 Å². The summed E-state index contributed by atoms with van der Waals surface area (Å²) < 4.78 is 7.11. The van der Waals surface area contributed by atoms with E-state index < -0.39 is 5.97 Å². The lowest BCUT2D eigenvalue weighted by Crippen LogP contribution is -2.04. The first-order valence-electron chi connectivity index (χ1n) is 6.96. The number of rotatable bonds is 4. The molecule has 6 nitrogen and oxygen atoms in total. The van der Waals surface area contributed by atoms with Gasteiger partial charge in [-0.15, -0.1) is 0 Å². The fourth-order valence-corrected chi connectivity index (χ4v) is 2.83. The molecule has 0 aromatic carbocycles. The van der Waals surface area contributed by atoms with Gasteiger partial charge in [0.2, 0.25) is 0 Å². The highest BCUT2D eigenvalue weighted by molar-refractivity contribution is 5.95. The van der Waals surface area contributed by atoms with Crippen LogP contribution in [0, 0.1) is 0 Å². The molecule has 2 aromatic heterocycles. The number of hydrogen-bond donors (Lipinski definition) is 1. The quantitative estimate of drug-likeness (QED) is 0.927. The Morgan fingerprint density at radius 1 is 1.50 bits per heavy atom. The van der Waals surface area contributed by atoms with E-state index in [9.17, 15) is 9.90 Å². The molecule has 0 atom stereocenters. The minimum absolute atomic E-state index is 0.184. The molecule has 1 aliphatic carbocycles. The van der Waals surface area contributed by atoms with Crippen molar-refractivity contribution >= 4 is 5.97 Å². The summed E-state index contributed by atoms with van der Waals surface area (Å²) in [6, 6.07) is 0. The van der Waals surface area contributed by atoms with Crippen molar-refractivity contribution < 1.29 is 14.4 Å². The van der Waals surface area contributed by atoms with E-state index in [1.54, 1.807) is 17.1 Å². The minimum Gasteiger partial charge on any atom is -0.477 e. The highest BCUT2D eigenvalue weighted by Crippen LogP contribution is 2.38. The predicted octanol–water partition coefficient (Wildman–Crippen LogP) is 2.91. The molecule has 0 aliphatic heterocycles. The Morgan fingerprint density at radius 2 is 2.25 bits per heavy atom. The number of nitrogens with zero attached hydrogens (tertiary/aromatic N) is 3. The Bertz CT molecular complexity index is 623. The van der Waals surface area contributed by atoms with E-state index in [0.29, 0.717) is 17.0 Å². The van der Waals surface area contributed by atoms with Crippen LogP contribution in [0.1, 0.15) is 54.6 Å². The van der Waals surface area contributed by atoms with Gasteiger partial charge in [-0.1, -0.05) is 18.0 Å². The van der Waals surface area contributed by atoms with Gasteiger partial charge in [0.15, 0.2) is 5.76 Å². The Morgan fingerprint density at radius 3 is 2.85 bits per heavy atom. The van der Waals surface area contributed by atoms with Crippen LogP contribution in [0.25, 0.3) is 11.3 Å².